The number of amides is 6. The number of carboxylic acid groups (broad SMARTS) is 2. The van der Waals surface area contributed by atoms with Crippen LogP contribution in [0.25, 0.3) is 0 Å². The van der Waals surface area contributed by atoms with Gasteiger partial charge in [-0.15, -0.1) is 0 Å². The molecule has 278 valence electrons. The Bertz CT molecular complexity index is 1650. The molecule has 0 radical (unpaired) electrons. The van der Waals surface area contributed by atoms with E-state index in [1.165, 1.54) is 12.1 Å². The molecule has 2 aromatic rings. The fraction of sp³-hybridized carbons (Fsp3) is 0.444. The average Bonchev–Trinajstić information content (AvgIpc) is 3.59. The third-order valence-corrected chi connectivity index (χ3v) is 8.78. The Kier molecular flexibility index (Phi) is 13.4. The fourth-order valence-corrected chi connectivity index (χ4v) is 6.28. The molecule has 2 aromatic carbocycles. The van der Waals surface area contributed by atoms with Crippen LogP contribution in [0.5, 0.6) is 0 Å². The maximum Gasteiger partial charge on any atom is 0.305 e. The van der Waals surface area contributed by atoms with Gasteiger partial charge in [-0.1, -0.05) is 74.5 Å². The molecule has 2 saturated heterocycles. The van der Waals surface area contributed by atoms with Crippen molar-refractivity contribution < 1.29 is 48.6 Å². The predicted octanol–water partition coefficient (Wildman–Crippen LogP) is 0.0259. The van der Waals surface area contributed by atoms with Crippen molar-refractivity contribution in [3.05, 3.63) is 71.8 Å². The van der Waals surface area contributed by atoms with Gasteiger partial charge >= 0.3 is 11.9 Å². The van der Waals surface area contributed by atoms with Gasteiger partial charge in [0.05, 0.1) is 12.8 Å². The molecule has 0 spiro atoms. The van der Waals surface area contributed by atoms with Gasteiger partial charge in [-0.3, -0.25) is 38.4 Å². The van der Waals surface area contributed by atoms with E-state index in [9.17, 15) is 48.6 Å². The zero-order valence-corrected chi connectivity index (χ0v) is 28.9. The SMILES string of the molecule is CC(C)C[C@@H]1NC(=O)[C@H](Cc2ccccc2)NC(=O)[C@H]2CCCN2C(=O)[C@H](CC(=O)O)NC(=O)[C@H](c2ccccc2)NC(=O)[C@H](CC(=O)O)NC1=O. The maximum absolute atomic E-state index is 13.9. The summed E-state index contributed by atoms with van der Waals surface area (Å²) >= 11 is 0. The molecular formula is C36H44N6O10. The van der Waals surface area contributed by atoms with E-state index in [0.29, 0.717) is 12.0 Å². The van der Waals surface area contributed by atoms with Crippen molar-refractivity contribution in [3.8, 4) is 0 Å². The van der Waals surface area contributed by atoms with Gasteiger partial charge in [0.2, 0.25) is 35.4 Å². The molecule has 16 nitrogen and oxygen atoms in total. The summed E-state index contributed by atoms with van der Waals surface area (Å²) in [6, 6.07) is 7.90. The van der Waals surface area contributed by atoms with E-state index < -0.39 is 96.5 Å². The van der Waals surface area contributed by atoms with E-state index in [0.717, 1.165) is 4.90 Å². The van der Waals surface area contributed by atoms with Gasteiger partial charge in [0.1, 0.15) is 36.3 Å². The lowest BCUT2D eigenvalue weighted by atomic mass is 10.00. The molecule has 2 heterocycles. The number of benzene rings is 2. The molecule has 2 aliphatic heterocycles. The largest absolute Gasteiger partial charge is 0.481 e. The van der Waals surface area contributed by atoms with Gasteiger partial charge in [-0.25, -0.2) is 0 Å². The molecule has 0 unspecified atom stereocenters. The van der Waals surface area contributed by atoms with Crippen molar-refractivity contribution in [3.63, 3.8) is 0 Å². The van der Waals surface area contributed by atoms with E-state index >= 15 is 0 Å². The lowest BCUT2D eigenvalue weighted by molar-refractivity contribution is -0.146. The van der Waals surface area contributed by atoms with Crippen molar-refractivity contribution in [1.82, 2.24) is 31.5 Å². The van der Waals surface area contributed by atoms with Crippen molar-refractivity contribution in [1.29, 1.82) is 0 Å². The summed E-state index contributed by atoms with van der Waals surface area (Å²) in [5.41, 5.74) is 0.877. The number of aliphatic carboxylic acids is 2. The summed E-state index contributed by atoms with van der Waals surface area (Å²) in [6.07, 6.45) is -1.12. The van der Waals surface area contributed by atoms with Gasteiger partial charge in [-0.05, 0) is 36.3 Å². The first-order valence-electron chi connectivity index (χ1n) is 17.1. The standard InChI is InChI=1S/C36H44N6O10/c1-20(2)16-23-31(47)38-25(18-28(43)44)33(49)41-30(22-12-7-4-8-13-22)35(51)40-26(19-29(45)46)36(52)42-15-9-14-27(42)34(50)39-24(32(48)37-23)17-21-10-5-3-6-11-21/h3-8,10-13,20,23-27,30H,9,14-19H2,1-2H3,(H,37,48)(H,38,47)(H,39,50)(H,40,51)(H,41,49)(H,43,44)(H,45,46)/t23-,24-,25-,26-,27+,30-/m0/s1. The first kappa shape index (κ1) is 39.0. The number of rotatable bonds is 9. The third-order valence-electron chi connectivity index (χ3n) is 8.78. The Hall–Kier alpha value is -5.80. The van der Waals surface area contributed by atoms with Crippen LogP contribution >= 0.6 is 0 Å². The highest BCUT2D eigenvalue weighted by atomic mass is 16.4. The van der Waals surface area contributed by atoms with E-state index in [4.69, 9.17) is 0 Å². The number of nitrogens with zero attached hydrogens (tertiary/aromatic N) is 1. The quantitative estimate of drug-likeness (QED) is 0.183. The normalized spacial score (nSPS) is 25.1. The van der Waals surface area contributed by atoms with Gasteiger partial charge in [0.15, 0.2) is 0 Å². The van der Waals surface area contributed by atoms with Crippen molar-refractivity contribution in [2.24, 2.45) is 5.92 Å². The molecule has 0 bridgehead atoms. The minimum atomic E-state index is -1.73. The summed E-state index contributed by atoms with van der Waals surface area (Å²) < 4.78 is 0. The van der Waals surface area contributed by atoms with Crippen molar-refractivity contribution >= 4 is 47.4 Å². The van der Waals surface area contributed by atoms with Gasteiger partial charge < -0.3 is 41.7 Å². The number of carboxylic acids is 2. The molecule has 6 atom stereocenters. The van der Waals surface area contributed by atoms with Crippen LogP contribution in [0.15, 0.2) is 60.7 Å². The Morgan fingerprint density at radius 3 is 1.81 bits per heavy atom. The zero-order chi connectivity index (χ0) is 37.9. The summed E-state index contributed by atoms with van der Waals surface area (Å²) in [5.74, 6) is -8.26. The second-order valence-corrected chi connectivity index (χ2v) is 13.3. The smallest absolute Gasteiger partial charge is 0.305 e. The minimum Gasteiger partial charge on any atom is -0.481 e. The number of nitrogens with one attached hydrogen (secondary N) is 5. The molecule has 7 N–H and O–H groups in total. The molecule has 16 heteroatoms. The monoisotopic (exact) mass is 720 g/mol. The Labute approximate surface area is 300 Å². The fourth-order valence-electron chi connectivity index (χ4n) is 6.28. The first-order chi connectivity index (χ1) is 24.7. The predicted molar refractivity (Wildman–Crippen MR) is 184 cm³/mol. The Morgan fingerprint density at radius 2 is 1.19 bits per heavy atom. The third kappa shape index (κ3) is 10.6. The van der Waals surface area contributed by atoms with Gasteiger partial charge in [0, 0.05) is 13.0 Å². The average molecular weight is 721 g/mol. The zero-order valence-electron chi connectivity index (χ0n) is 28.9. The molecule has 0 aliphatic carbocycles. The van der Waals surface area contributed by atoms with Crippen LogP contribution in [-0.2, 0) is 44.8 Å². The lowest BCUT2D eigenvalue weighted by Gasteiger charge is -2.31. The van der Waals surface area contributed by atoms with E-state index in [-0.39, 0.29) is 37.3 Å². The van der Waals surface area contributed by atoms with Crippen LogP contribution in [0.1, 0.15) is 63.1 Å². The molecule has 2 fully saturated rings. The van der Waals surface area contributed by atoms with Crippen LogP contribution in [-0.4, -0.2) is 99.2 Å². The van der Waals surface area contributed by atoms with Gasteiger partial charge in [-0.2, -0.15) is 0 Å². The first-order valence-corrected chi connectivity index (χ1v) is 17.1. The highest BCUT2D eigenvalue weighted by Crippen LogP contribution is 2.21. The number of carbonyl (C=O) groups excluding carboxylic acids is 6. The highest BCUT2D eigenvalue weighted by molar-refractivity contribution is 6.00. The van der Waals surface area contributed by atoms with Gasteiger partial charge in [0.25, 0.3) is 0 Å². The van der Waals surface area contributed by atoms with E-state index in [1.807, 2.05) is 0 Å². The number of hydrogen-bond acceptors (Lipinski definition) is 8. The molecule has 0 aromatic heterocycles. The number of hydrogen-bond donors (Lipinski definition) is 7. The molecule has 6 amide bonds. The highest BCUT2D eigenvalue weighted by Gasteiger charge is 2.41. The molecule has 4 rings (SSSR count). The van der Waals surface area contributed by atoms with Crippen LogP contribution in [0, 0.1) is 5.92 Å². The summed E-state index contributed by atoms with van der Waals surface area (Å²) in [6.45, 7) is 3.65. The summed E-state index contributed by atoms with van der Waals surface area (Å²) in [7, 11) is 0. The maximum atomic E-state index is 13.9. The van der Waals surface area contributed by atoms with Crippen LogP contribution in [0.2, 0.25) is 0 Å². The topological polar surface area (TPSA) is 240 Å². The Morgan fingerprint density at radius 1 is 0.673 bits per heavy atom. The van der Waals surface area contributed by atoms with Crippen molar-refractivity contribution in [2.75, 3.05) is 6.54 Å². The molecular weight excluding hydrogens is 676 g/mol. The van der Waals surface area contributed by atoms with Crippen LogP contribution < -0.4 is 26.6 Å². The lowest BCUT2D eigenvalue weighted by Crippen LogP contribution is -2.61. The van der Waals surface area contributed by atoms with Crippen LogP contribution in [0.4, 0.5) is 0 Å². The van der Waals surface area contributed by atoms with Crippen molar-refractivity contribution in [2.45, 2.75) is 88.6 Å². The summed E-state index contributed by atoms with van der Waals surface area (Å²) in [4.78, 5) is 108. The number of carbonyl (C=O) groups is 8. The second-order valence-electron chi connectivity index (χ2n) is 13.3. The molecule has 52 heavy (non-hydrogen) atoms. The molecule has 2 aliphatic rings. The number of fused-ring (bicyclic) bond motifs is 1. The Balaban J connectivity index is 1.80. The second kappa shape index (κ2) is 17.9. The van der Waals surface area contributed by atoms with Crippen LogP contribution in [0.3, 0.4) is 0 Å². The minimum absolute atomic E-state index is 0.00227. The van der Waals surface area contributed by atoms with E-state index in [1.54, 1.807) is 62.4 Å². The van der Waals surface area contributed by atoms with E-state index in [2.05, 4.69) is 26.6 Å². The molecule has 0 saturated carbocycles. The summed E-state index contributed by atoms with van der Waals surface area (Å²) in [5, 5.41) is 32.0.